The predicted octanol–water partition coefficient (Wildman–Crippen LogP) is 2.96. The molecule has 2 amide bonds. The van der Waals surface area contributed by atoms with Crippen molar-refractivity contribution in [3.8, 4) is 11.5 Å². The number of aryl methyl sites for hydroxylation is 1. The van der Waals surface area contributed by atoms with Crippen molar-refractivity contribution in [1.29, 1.82) is 0 Å². The van der Waals surface area contributed by atoms with Gasteiger partial charge in [-0.3, -0.25) is 0 Å². The summed E-state index contributed by atoms with van der Waals surface area (Å²) in [4.78, 5) is 11.9. The number of fused-ring (bicyclic) bond motifs is 1. The van der Waals surface area contributed by atoms with Gasteiger partial charge in [0.05, 0.1) is 6.54 Å². The highest BCUT2D eigenvalue weighted by atomic mass is 16.6. The van der Waals surface area contributed by atoms with E-state index in [1.54, 1.807) is 0 Å². The molecule has 5 heteroatoms. The van der Waals surface area contributed by atoms with Crippen molar-refractivity contribution < 1.29 is 14.3 Å². The molecule has 1 heterocycles. The number of benzene rings is 2. The number of para-hydroxylation sites is 2. The van der Waals surface area contributed by atoms with Crippen LogP contribution in [-0.4, -0.2) is 25.3 Å². The minimum absolute atomic E-state index is 0.196. The second kappa shape index (κ2) is 6.39. The first-order valence-corrected chi connectivity index (χ1v) is 7.21. The Labute approximate surface area is 129 Å². The van der Waals surface area contributed by atoms with Crippen LogP contribution in [0, 0.1) is 6.92 Å². The van der Waals surface area contributed by atoms with E-state index in [0.717, 1.165) is 17.0 Å². The lowest BCUT2D eigenvalue weighted by Gasteiger charge is -2.26. The van der Waals surface area contributed by atoms with Gasteiger partial charge in [0.1, 0.15) is 6.61 Å². The van der Waals surface area contributed by atoms with E-state index in [-0.39, 0.29) is 12.1 Å². The number of amides is 2. The van der Waals surface area contributed by atoms with E-state index in [2.05, 4.69) is 10.6 Å². The Balaban J connectivity index is 1.50. The fourth-order valence-corrected chi connectivity index (χ4v) is 2.27. The molecule has 0 spiro atoms. The second-order valence-electron chi connectivity index (χ2n) is 5.20. The molecule has 1 unspecified atom stereocenters. The van der Waals surface area contributed by atoms with Gasteiger partial charge in [0.2, 0.25) is 0 Å². The van der Waals surface area contributed by atoms with Crippen molar-refractivity contribution in [3.63, 3.8) is 0 Å². The van der Waals surface area contributed by atoms with Gasteiger partial charge < -0.3 is 20.1 Å². The van der Waals surface area contributed by atoms with Crippen molar-refractivity contribution in [2.45, 2.75) is 13.0 Å². The largest absolute Gasteiger partial charge is 0.486 e. The van der Waals surface area contributed by atoms with E-state index in [0.29, 0.717) is 18.9 Å². The smallest absolute Gasteiger partial charge is 0.319 e. The number of anilines is 1. The maximum Gasteiger partial charge on any atom is 0.319 e. The highest BCUT2D eigenvalue weighted by Crippen LogP contribution is 2.30. The van der Waals surface area contributed by atoms with E-state index < -0.39 is 0 Å². The number of carbonyl (C=O) groups is 1. The van der Waals surface area contributed by atoms with Crippen LogP contribution in [0.4, 0.5) is 10.5 Å². The lowest BCUT2D eigenvalue weighted by Crippen LogP contribution is -2.42. The molecule has 114 valence electrons. The molecule has 0 saturated heterocycles. The summed E-state index contributed by atoms with van der Waals surface area (Å²) in [6.45, 7) is 2.78. The Morgan fingerprint density at radius 2 is 2.00 bits per heavy atom. The van der Waals surface area contributed by atoms with Gasteiger partial charge in [0.25, 0.3) is 0 Å². The summed E-state index contributed by atoms with van der Waals surface area (Å²) in [5.41, 5.74) is 1.86. The minimum Gasteiger partial charge on any atom is -0.486 e. The fraction of sp³-hybridized carbons (Fsp3) is 0.235. The van der Waals surface area contributed by atoms with Crippen LogP contribution in [0.25, 0.3) is 0 Å². The van der Waals surface area contributed by atoms with Gasteiger partial charge in [-0.05, 0) is 36.8 Å². The normalized spacial score (nSPS) is 16.0. The quantitative estimate of drug-likeness (QED) is 0.916. The van der Waals surface area contributed by atoms with Crippen LogP contribution in [0.2, 0.25) is 0 Å². The van der Waals surface area contributed by atoms with E-state index in [1.165, 1.54) is 0 Å². The van der Waals surface area contributed by atoms with Gasteiger partial charge in [-0.2, -0.15) is 0 Å². The summed E-state index contributed by atoms with van der Waals surface area (Å²) >= 11 is 0. The Kier molecular flexibility index (Phi) is 4.14. The molecular formula is C17H18N2O3. The molecule has 0 aromatic heterocycles. The van der Waals surface area contributed by atoms with Crippen LogP contribution in [0.3, 0.4) is 0 Å². The van der Waals surface area contributed by atoms with E-state index >= 15 is 0 Å². The average molecular weight is 298 g/mol. The van der Waals surface area contributed by atoms with Crippen molar-refractivity contribution >= 4 is 11.7 Å². The van der Waals surface area contributed by atoms with Crippen LogP contribution < -0.4 is 20.1 Å². The first-order chi connectivity index (χ1) is 10.7. The third kappa shape index (κ3) is 3.49. The van der Waals surface area contributed by atoms with Crippen LogP contribution in [0.5, 0.6) is 11.5 Å². The summed E-state index contributed by atoms with van der Waals surface area (Å²) in [6.07, 6.45) is -0.196. The minimum atomic E-state index is -0.256. The van der Waals surface area contributed by atoms with Crippen molar-refractivity contribution in [2.24, 2.45) is 0 Å². The van der Waals surface area contributed by atoms with Crippen LogP contribution in [-0.2, 0) is 0 Å². The zero-order valence-electron chi connectivity index (χ0n) is 12.3. The zero-order valence-corrected chi connectivity index (χ0v) is 12.3. The third-order valence-corrected chi connectivity index (χ3v) is 3.33. The first kappa shape index (κ1) is 14.3. The summed E-state index contributed by atoms with van der Waals surface area (Å²) in [6, 6.07) is 14.9. The average Bonchev–Trinajstić information content (AvgIpc) is 2.53. The Bertz CT molecular complexity index is 672. The highest BCUT2D eigenvalue weighted by Gasteiger charge is 2.20. The summed E-state index contributed by atoms with van der Waals surface area (Å²) in [7, 11) is 0. The Hall–Kier alpha value is -2.69. The molecule has 5 nitrogen and oxygen atoms in total. The van der Waals surface area contributed by atoms with Crippen molar-refractivity contribution in [3.05, 3.63) is 54.1 Å². The molecule has 3 rings (SSSR count). The molecular weight excluding hydrogens is 280 g/mol. The molecule has 2 N–H and O–H groups in total. The second-order valence-corrected chi connectivity index (χ2v) is 5.20. The molecule has 2 aromatic rings. The zero-order chi connectivity index (χ0) is 15.4. The summed E-state index contributed by atoms with van der Waals surface area (Å²) < 4.78 is 11.4. The number of nitrogens with one attached hydrogen (secondary N) is 2. The number of urea groups is 1. The predicted molar refractivity (Wildman–Crippen MR) is 84.6 cm³/mol. The van der Waals surface area contributed by atoms with Gasteiger partial charge >= 0.3 is 6.03 Å². The topological polar surface area (TPSA) is 59.6 Å². The van der Waals surface area contributed by atoms with Crippen LogP contribution >= 0.6 is 0 Å². The van der Waals surface area contributed by atoms with E-state index in [9.17, 15) is 4.79 Å². The SMILES string of the molecule is Cc1cccc(NC(=O)NCC2COc3ccccc3O2)c1. The number of rotatable bonds is 3. The first-order valence-electron chi connectivity index (χ1n) is 7.21. The molecule has 1 atom stereocenters. The molecule has 1 aliphatic rings. The third-order valence-electron chi connectivity index (χ3n) is 3.33. The van der Waals surface area contributed by atoms with Crippen molar-refractivity contribution in [2.75, 3.05) is 18.5 Å². The van der Waals surface area contributed by atoms with Crippen molar-refractivity contribution in [1.82, 2.24) is 5.32 Å². The van der Waals surface area contributed by atoms with E-state index in [4.69, 9.17) is 9.47 Å². The monoisotopic (exact) mass is 298 g/mol. The highest BCUT2D eigenvalue weighted by molar-refractivity contribution is 5.89. The molecule has 22 heavy (non-hydrogen) atoms. The Morgan fingerprint density at radius 1 is 1.18 bits per heavy atom. The maximum absolute atomic E-state index is 11.9. The fourth-order valence-electron chi connectivity index (χ4n) is 2.27. The number of ether oxygens (including phenoxy) is 2. The molecule has 1 aliphatic heterocycles. The number of hydrogen-bond acceptors (Lipinski definition) is 3. The Morgan fingerprint density at radius 3 is 2.82 bits per heavy atom. The molecule has 0 saturated carbocycles. The number of hydrogen-bond donors (Lipinski definition) is 2. The number of carbonyl (C=O) groups excluding carboxylic acids is 1. The maximum atomic E-state index is 11.9. The van der Waals surface area contributed by atoms with Crippen LogP contribution in [0.1, 0.15) is 5.56 Å². The van der Waals surface area contributed by atoms with Crippen LogP contribution in [0.15, 0.2) is 48.5 Å². The van der Waals surface area contributed by atoms with Gasteiger partial charge in [0.15, 0.2) is 17.6 Å². The molecule has 0 radical (unpaired) electrons. The van der Waals surface area contributed by atoms with Gasteiger partial charge in [0, 0.05) is 5.69 Å². The van der Waals surface area contributed by atoms with E-state index in [1.807, 2.05) is 55.5 Å². The summed E-state index contributed by atoms with van der Waals surface area (Å²) in [5.74, 6) is 1.45. The molecule has 0 aliphatic carbocycles. The standard InChI is InChI=1S/C17H18N2O3/c1-12-5-4-6-13(9-12)19-17(20)18-10-14-11-21-15-7-2-3-8-16(15)22-14/h2-9,14H,10-11H2,1H3,(H2,18,19,20). The lowest BCUT2D eigenvalue weighted by atomic mass is 10.2. The summed E-state index contributed by atoms with van der Waals surface area (Å²) in [5, 5.41) is 5.59. The van der Waals surface area contributed by atoms with Gasteiger partial charge in [-0.15, -0.1) is 0 Å². The van der Waals surface area contributed by atoms with Gasteiger partial charge in [-0.1, -0.05) is 24.3 Å². The molecule has 0 fully saturated rings. The van der Waals surface area contributed by atoms with Gasteiger partial charge in [-0.25, -0.2) is 4.79 Å². The molecule has 0 bridgehead atoms. The molecule has 2 aromatic carbocycles. The lowest BCUT2D eigenvalue weighted by molar-refractivity contribution is 0.0922.